The second kappa shape index (κ2) is 8.12. The summed E-state index contributed by atoms with van der Waals surface area (Å²) in [5, 5.41) is 4.20. The van der Waals surface area contributed by atoms with Gasteiger partial charge in [0.25, 0.3) is 5.89 Å². The smallest absolute Gasteiger partial charge is 0.261 e. The molecule has 2 aliphatic rings. The Balaban J connectivity index is 1.21. The van der Waals surface area contributed by atoms with Crippen LogP contribution in [0.15, 0.2) is 65.3 Å². The number of aromatic nitrogens is 3. The van der Waals surface area contributed by atoms with E-state index >= 15 is 0 Å². The number of aryl methyl sites for hydroxylation is 1. The van der Waals surface area contributed by atoms with Gasteiger partial charge in [-0.15, -0.1) is 0 Å². The van der Waals surface area contributed by atoms with Crippen molar-refractivity contribution in [1.82, 2.24) is 15.1 Å². The number of ether oxygens (including phenoxy) is 2. The van der Waals surface area contributed by atoms with Crippen molar-refractivity contribution in [1.29, 1.82) is 0 Å². The fraction of sp³-hybridized carbons (Fsp3) is 0.240. The van der Waals surface area contributed by atoms with E-state index < -0.39 is 0 Å². The van der Waals surface area contributed by atoms with Crippen LogP contribution < -0.4 is 19.3 Å². The molecule has 1 fully saturated rings. The molecule has 6 rings (SSSR count). The fourth-order valence-electron chi connectivity index (χ4n) is 4.23. The molecular formula is C25H23N5O3. The SMILES string of the molecule is Cc1ccc(-c2noc(-c3cccnc3N3CCN(c4ccc5c(c4)OCO5)CC3)n2)cc1. The summed E-state index contributed by atoms with van der Waals surface area (Å²) in [5.74, 6) is 3.53. The molecule has 1 saturated heterocycles. The van der Waals surface area contributed by atoms with E-state index in [0.717, 1.165) is 60.3 Å². The van der Waals surface area contributed by atoms with Crippen molar-refractivity contribution < 1.29 is 14.0 Å². The Morgan fingerprint density at radius 3 is 2.48 bits per heavy atom. The molecule has 0 saturated carbocycles. The molecule has 0 spiro atoms. The van der Waals surface area contributed by atoms with Gasteiger partial charge in [-0.1, -0.05) is 35.0 Å². The molecule has 2 aliphatic heterocycles. The maximum Gasteiger partial charge on any atom is 0.261 e. The Labute approximate surface area is 191 Å². The van der Waals surface area contributed by atoms with Gasteiger partial charge in [-0.25, -0.2) is 4.98 Å². The molecule has 0 radical (unpaired) electrons. The number of nitrogens with zero attached hydrogens (tertiary/aromatic N) is 5. The van der Waals surface area contributed by atoms with Crippen molar-refractivity contribution in [3.63, 3.8) is 0 Å². The van der Waals surface area contributed by atoms with E-state index in [4.69, 9.17) is 14.0 Å². The van der Waals surface area contributed by atoms with Gasteiger partial charge in [0.1, 0.15) is 5.82 Å². The number of benzene rings is 2. The highest BCUT2D eigenvalue weighted by Crippen LogP contribution is 2.36. The number of anilines is 2. The molecule has 166 valence electrons. The maximum absolute atomic E-state index is 5.64. The molecule has 0 aliphatic carbocycles. The molecule has 2 aromatic carbocycles. The van der Waals surface area contributed by atoms with E-state index in [1.54, 1.807) is 6.20 Å². The summed E-state index contributed by atoms with van der Waals surface area (Å²) in [6.45, 7) is 5.74. The minimum Gasteiger partial charge on any atom is -0.454 e. The van der Waals surface area contributed by atoms with Crippen molar-refractivity contribution in [2.75, 3.05) is 42.8 Å². The summed E-state index contributed by atoms with van der Waals surface area (Å²) >= 11 is 0. The van der Waals surface area contributed by atoms with Crippen LogP contribution in [-0.4, -0.2) is 48.1 Å². The van der Waals surface area contributed by atoms with Gasteiger partial charge >= 0.3 is 0 Å². The van der Waals surface area contributed by atoms with Gasteiger partial charge < -0.3 is 23.8 Å². The lowest BCUT2D eigenvalue weighted by Crippen LogP contribution is -2.47. The highest BCUT2D eigenvalue weighted by Gasteiger charge is 2.24. The Morgan fingerprint density at radius 1 is 0.848 bits per heavy atom. The zero-order chi connectivity index (χ0) is 22.2. The summed E-state index contributed by atoms with van der Waals surface area (Å²) < 4.78 is 16.6. The standard InChI is InChI=1S/C25H23N5O3/c1-17-4-6-18(7-5-17)23-27-25(33-28-23)20-3-2-10-26-24(20)30-13-11-29(12-14-30)19-8-9-21-22(15-19)32-16-31-21/h2-10,15H,11-14,16H2,1H3. The van der Waals surface area contributed by atoms with Gasteiger partial charge in [0, 0.05) is 49.7 Å². The zero-order valence-corrected chi connectivity index (χ0v) is 18.3. The topological polar surface area (TPSA) is 76.8 Å². The first-order chi connectivity index (χ1) is 16.2. The van der Waals surface area contributed by atoms with Crippen LogP contribution in [0.5, 0.6) is 11.5 Å². The van der Waals surface area contributed by atoms with Crippen LogP contribution in [0.3, 0.4) is 0 Å². The molecule has 0 amide bonds. The van der Waals surface area contributed by atoms with Crippen LogP contribution >= 0.6 is 0 Å². The van der Waals surface area contributed by atoms with Crippen LogP contribution in [0.25, 0.3) is 22.8 Å². The summed E-state index contributed by atoms with van der Waals surface area (Å²) in [7, 11) is 0. The van der Waals surface area contributed by atoms with Gasteiger partial charge in [-0.05, 0) is 31.2 Å². The molecule has 0 N–H and O–H groups in total. The first-order valence-corrected chi connectivity index (χ1v) is 11.0. The third-order valence-corrected chi connectivity index (χ3v) is 6.05. The predicted octanol–water partition coefficient (Wildman–Crippen LogP) is 4.16. The highest BCUT2D eigenvalue weighted by molar-refractivity contribution is 5.71. The number of hydrogen-bond acceptors (Lipinski definition) is 8. The number of piperazine rings is 1. The molecule has 4 heterocycles. The molecule has 2 aromatic heterocycles. The normalized spacial score (nSPS) is 15.2. The van der Waals surface area contributed by atoms with Crippen molar-refractivity contribution in [2.45, 2.75) is 6.92 Å². The van der Waals surface area contributed by atoms with Crippen molar-refractivity contribution in [3.8, 4) is 34.3 Å². The first-order valence-electron chi connectivity index (χ1n) is 11.0. The third kappa shape index (κ3) is 3.73. The van der Waals surface area contributed by atoms with Crippen LogP contribution in [0.4, 0.5) is 11.5 Å². The monoisotopic (exact) mass is 441 g/mol. The predicted molar refractivity (Wildman–Crippen MR) is 125 cm³/mol. The molecule has 0 bridgehead atoms. The highest BCUT2D eigenvalue weighted by atomic mass is 16.7. The Morgan fingerprint density at radius 2 is 1.64 bits per heavy atom. The van der Waals surface area contributed by atoms with Crippen molar-refractivity contribution >= 4 is 11.5 Å². The van der Waals surface area contributed by atoms with Crippen LogP contribution in [0.2, 0.25) is 0 Å². The quantitative estimate of drug-likeness (QED) is 0.467. The largest absolute Gasteiger partial charge is 0.454 e. The first kappa shape index (κ1) is 19.6. The van der Waals surface area contributed by atoms with E-state index in [2.05, 4.69) is 44.0 Å². The minimum absolute atomic E-state index is 0.288. The lowest BCUT2D eigenvalue weighted by Gasteiger charge is -2.37. The Bertz CT molecular complexity index is 1280. The fourth-order valence-corrected chi connectivity index (χ4v) is 4.23. The lowest BCUT2D eigenvalue weighted by atomic mass is 10.1. The maximum atomic E-state index is 5.64. The van der Waals surface area contributed by atoms with Crippen LogP contribution in [0, 0.1) is 6.92 Å². The van der Waals surface area contributed by atoms with Gasteiger partial charge in [0.15, 0.2) is 11.5 Å². The number of fused-ring (bicyclic) bond motifs is 1. The van der Waals surface area contributed by atoms with Crippen LogP contribution in [0.1, 0.15) is 5.56 Å². The molecule has 33 heavy (non-hydrogen) atoms. The third-order valence-electron chi connectivity index (χ3n) is 6.05. The molecule has 8 nitrogen and oxygen atoms in total. The van der Waals surface area contributed by atoms with Crippen molar-refractivity contribution in [2.24, 2.45) is 0 Å². The van der Waals surface area contributed by atoms with E-state index in [-0.39, 0.29) is 6.79 Å². The van der Waals surface area contributed by atoms with E-state index in [1.165, 1.54) is 5.56 Å². The Kier molecular flexibility index (Phi) is 4.83. The van der Waals surface area contributed by atoms with E-state index in [1.807, 2.05) is 42.5 Å². The van der Waals surface area contributed by atoms with Gasteiger partial charge in [-0.3, -0.25) is 0 Å². The lowest BCUT2D eigenvalue weighted by molar-refractivity contribution is 0.174. The summed E-state index contributed by atoms with van der Waals surface area (Å²) in [6, 6.07) is 18.1. The van der Waals surface area contributed by atoms with Gasteiger partial charge in [0.2, 0.25) is 12.6 Å². The number of hydrogen-bond donors (Lipinski definition) is 0. The zero-order valence-electron chi connectivity index (χ0n) is 18.3. The van der Waals surface area contributed by atoms with E-state index in [9.17, 15) is 0 Å². The second-order valence-electron chi connectivity index (χ2n) is 8.18. The minimum atomic E-state index is 0.288. The van der Waals surface area contributed by atoms with E-state index in [0.29, 0.717) is 11.7 Å². The molecule has 4 aromatic rings. The average Bonchev–Trinajstić information content (AvgIpc) is 3.54. The average molecular weight is 441 g/mol. The van der Waals surface area contributed by atoms with Gasteiger partial charge in [-0.2, -0.15) is 4.98 Å². The summed E-state index contributed by atoms with van der Waals surface area (Å²) in [6.07, 6.45) is 1.81. The molecule has 0 unspecified atom stereocenters. The number of rotatable bonds is 4. The second-order valence-corrected chi connectivity index (χ2v) is 8.18. The summed E-state index contributed by atoms with van der Waals surface area (Å²) in [4.78, 5) is 13.9. The van der Waals surface area contributed by atoms with Crippen LogP contribution in [-0.2, 0) is 0 Å². The summed E-state index contributed by atoms with van der Waals surface area (Å²) in [5.41, 5.74) is 4.11. The Hall–Kier alpha value is -4.07. The van der Waals surface area contributed by atoms with Crippen molar-refractivity contribution in [3.05, 3.63) is 66.4 Å². The molecule has 0 atom stereocenters. The van der Waals surface area contributed by atoms with Gasteiger partial charge in [0.05, 0.1) is 5.56 Å². The molecular weight excluding hydrogens is 418 g/mol. The molecule has 8 heteroatoms. The number of pyridine rings is 1.